The van der Waals surface area contributed by atoms with Crippen molar-refractivity contribution in [3.8, 4) is 5.75 Å². The monoisotopic (exact) mass is 369 g/mol. The van der Waals surface area contributed by atoms with Crippen LogP contribution in [0.1, 0.15) is 33.9 Å². The first-order chi connectivity index (χ1) is 13.5. The number of aryl methyl sites for hydroxylation is 3. The summed E-state index contributed by atoms with van der Waals surface area (Å²) in [6.45, 7) is 6.20. The molecule has 0 aliphatic rings. The number of phenols is 1. The molecule has 0 aliphatic heterocycles. The van der Waals surface area contributed by atoms with Gasteiger partial charge >= 0.3 is 0 Å². The van der Waals surface area contributed by atoms with E-state index in [4.69, 9.17) is 0 Å². The molecule has 0 aliphatic carbocycles. The van der Waals surface area contributed by atoms with E-state index in [1.165, 1.54) is 5.56 Å². The normalized spacial score (nSPS) is 12.1. The molecule has 28 heavy (non-hydrogen) atoms. The van der Waals surface area contributed by atoms with Crippen molar-refractivity contribution in [2.75, 3.05) is 5.32 Å². The maximum Gasteiger partial charge on any atom is 0.147 e. The summed E-state index contributed by atoms with van der Waals surface area (Å²) in [5.41, 5.74) is 5.94. The SMILES string of the molecule is Cc1ccnc(N[C@@H](c2cc(C)ccc2C)c2ccc3cccnc3c2O)c1. The minimum atomic E-state index is -0.249. The molecule has 2 aromatic carbocycles. The first-order valence-electron chi connectivity index (χ1n) is 9.36. The van der Waals surface area contributed by atoms with Gasteiger partial charge in [0.1, 0.15) is 17.1 Å². The first kappa shape index (κ1) is 18.0. The van der Waals surface area contributed by atoms with Gasteiger partial charge in [-0.25, -0.2) is 4.98 Å². The van der Waals surface area contributed by atoms with Gasteiger partial charge in [0.25, 0.3) is 0 Å². The van der Waals surface area contributed by atoms with Gasteiger partial charge in [-0.15, -0.1) is 0 Å². The Kier molecular flexibility index (Phi) is 4.70. The minimum absolute atomic E-state index is 0.198. The van der Waals surface area contributed by atoms with E-state index in [1.807, 2.05) is 43.3 Å². The molecule has 0 radical (unpaired) electrons. The molecular formula is C24H23N3O. The molecule has 4 rings (SSSR count). The molecular weight excluding hydrogens is 346 g/mol. The van der Waals surface area contributed by atoms with E-state index in [9.17, 15) is 5.11 Å². The Bertz CT molecular complexity index is 1150. The van der Waals surface area contributed by atoms with Crippen LogP contribution < -0.4 is 5.32 Å². The average Bonchev–Trinajstić information content (AvgIpc) is 2.69. The lowest BCUT2D eigenvalue weighted by Crippen LogP contribution is -2.15. The molecule has 4 nitrogen and oxygen atoms in total. The number of nitrogens with one attached hydrogen (secondary N) is 1. The lowest BCUT2D eigenvalue weighted by Gasteiger charge is -2.24. The Morgan fingerprint density at radius 3 is 2.46 bits per heavy atom. The molecule has 4 aromatic rings. The second-order valence-electron chi connectivity index (χ2n) is 7.23. The van der Waals surface area contributed by atoms with Crippen LogP contribution in [0.3, 0.4) is 0 Å². The van der Waals surface area contributed by atoms with Crippen LogP contribution in [0.15, 0.2) is 67.0 Å². The molecule has 1 atom stereocenters. The number of anilines is 1. The predicted molar refractivity (Wildman–Crippen MR) is 114 cm³/mol. The highest BCUT2D eigenvalue weighted by Crippen LogP contribution is 2.37. The van der Waals surface area contributed by atoms with Gasteiger partial charge in [0.2, 0.25) is 0 Å². The molecule has 0 unspecified atom stereocenters. The Labute approximate surface area is 164 Å². The van der Waals surface area contributed by atoms with Crippen LogP contribution in [-0.2, 0) is 0 Å². The topological polar surface area (TPSA) is 58.0 Å². The summed E-state index contributed by atoms with van der Waals surface area (Å²) in [5.74, 6) is 0.968. The lowest BCUT2D eigenvalue weighted by molar-refractivity contribution is 0.471. The number of hydrogen-bond acceptors (Lipinski definition) is 4. The molecule has 0 amide bonds. The molecule has 140 valence electrons. The number of phenolic OH excluding ortho intramolecular Hbond substituents is 1. The van der Waals surface area contributed by atoms with E-state index in [2.05, 4.69) is 47.3 Å². The van der Waals surface area contributed by atoms with Gasteiger partial charge in [-0.2, -0.15) is 0 Å². The van der Waals surface area contributed by atoms with Crippen LogP contribution in [0.25, 0.3) is 10.9 Å². The number of fused-ring (bicyclic) bond motifs is 1. The van der Waals surface area contributed by atoms with Crippen molar-refractivity contribution in [1.82, 2.24) is 9.97 Å². The van der Waals surface area contributed by atoms with Crippen molar-refractivity contribution in [3.63, 3.8) is 0 Å². The summed E-state index contributed by atoms with van der Waals surface area (Å²) in [7, 11) is 0. The Balaban J connectivity index is 1.90. The van der Waals surface area contributed by atoms with E-state index < -0.39 is 0 Å². The fraction of sp³-hybridized carbons (Fsp3) is 0.167. The van der Waals surface area contributed by atoms with E-state index >= 15 is 0 Å². The maximum atomic E-state index is 11.1. The number of benzene rings is 2. The number of hydrogen-bond donors (Lipinski definition) is 2. The van der Waals surface area contributed by atoms with Crippen LogP contribution >= 0.6 is 0 Å². The Morgan fingerprint density at radius 1 is 0.821 bits per heavy atom. The second-order valence-corrected chi connectivity index (χ2v) is 7.23. The van der Waals surface area contributed by atoms with Crippen molar-refractivity contribution >= 4 is 16.7 Å². The number of rotatable bonds is 4. The third kappa shape index (κ3) is 3.41. The fourth-order valence-corrected chi connectivity index (χ4v) is 3.54. The van der Waals surface area contributed by atoms with Gasteiger partial charge in [0.15, 0.2) is 0 Å². The van der Waals surface area contributed by atoms with Crippen molar-refractivity contribution in [2.24, 2.45) is 0 Å². The quantitative estimate of drug-likeness (QED) is 0.501. The first-order valence-corrected chi connectivity index (χ1v) is 9.36. The lowest BCUT2D eigenvalue weighted by atomic mass is 9.92. The van der Waals surface area contributed by atoms with E-state index in [1.54, 1.807) is 12.4 Å². The third-order valence-corrected chi connectivity index (χ3v) is 5.04. The number of nitrogens with zero attached hydrogens (tertiary/aromatic N) is 2. The van der Waals surface area contributed by atoms with Crippen molar-refractivity contribution in [1.29, 1.82) is 0 Å². The zero-order chi connectivity index (χ0) is 19.7. The second kappa shape index (κ2) is 7.31. The molecule has 0 saturated heterocycles. The molecule has 0 bridgehead atoms. The molecule has 2 heterocycles. The highest BCUT2D eigenvalue weighted by Gasteiger charge is 2.22. The van der Waals surface area contributed by atoms with Crippen LogP contribution in [0.5, 0.6) is 5.75 Å². The molecule has 2 N–H and O–H groups in total. The highest BCUT2D eigenvalue weighted by atomic mass is 16.3. The van der Waals surface area contributed by atoms with Gasteiger partial charge in [0.05, 0.1) is 6.04 Å². The van der Waals surface area contributed by atoms with Gasteiger partial charge < -0.3 is 10.4 Å². The van der Waals surface area contributed by atoms with Gasteiger partial charge in [0, 0.05) is 23.3 Å². The van der Waals surface area contributed by atoms with Gasteiger partial charge in [-0.05, 0) is 55.7 Å². The molecule has 0 fully saturated rings. The average molecular weight is 369 g/mol. The summed E-state index contributed by atoms with van der Waals surface area (Å²) >= 11 is 0. The number of aromatic hydroxyl groups is 1. The molecule has 0 spiro atoms. The van der Waals surface area contributed by atoms with Crippen LogP contribution in [-0.4, -0.2) is 15.1 Å². The highest BCUT2D eigenvalue weighted by molar-refractivity contribution is 5.86. The van der Waals surface area contributed by atoms with Gasteiger partial charge in [-0.1, -0.05) is 42.0 Å². The fourth-order valence-electron chi connectivity index (χ4n) is 3.54. The summed E-state index contributed by atoms with van der Waals surface area (Å²) in [6, 6.07) is 17.9. The van der Waals surface area contributed by atoms with E-state index in [-0.39, 0.29) is 11.8 Å². The largest absolute Gasteiger partial charge is 0.505 e. The Morgan fingerprint density at radius 2 is 1.64 bits per heavy atom. The van der Waals surface area contributed by atoms with Crippen LogP contribution in [0.2, 0.25) is 0 Å². The smallest absolute Gasteiger partial charge is 0.147 e. The van der Waals surface area contributed by atoms with Crippen molar-refractivity contribution in [2.45, 2.75) is 26.8 Å². The predicted octanol–water partition coefficient (Wildman–Crippen LogP) is 5.46. The minimum Gasteiger partial charge on any atom is -0.505 e. The molecule has 2 aromatic heterocycles. The van der Waals surface area contributed by atoms with Gasteiger partial charge in [-0.3, -0.25) is 4.98 Å². The number of pyridine rings is 2. The third-order valence-electron chi connectivity index (χ3n) is 5.04. The summed E-state index contributed by atoms with van der Waals surface area (Å²) in [6.07, 6.45) is 3.49. The van der Waals surface area contributed by atoms with E-state index in [0.717, 1.165) is 33.5 Å². The zero-order valence-electron chi connectivity index (χ0n) is 16.3. The van der Waals surface area contributed by atoms with Crippen molar-refractivity contribution in [3.05, 3.63) is 94.8 Å². The maximum absolute atomic E-state index is 11.1. The summed E-state index contributed by atoms with van der Waals surface area (Å²) < 4.78 is 0. The standard InChI is InChI=1S/C24H23N3O/c1-15-6-7-17(3)20(13-15)23(27-21-14-16(2)10-12-25-21)19-9-8-18-5-4-11-26-22(18)24(19)28/h4-14,23,28H,1-3H3,(H,25,27)/t23-/m1/s1. The molecule has 0 saturated carbocycles. The van der Waals surface area contributed by atoms with Crippen LogP contribution in [0, 0.1) is 20.8 Å². The number of aromatic nitrogens is 2. The van der Waals surface area contributed by atoms with Crippen LogP contribution in [0.4, 0.5) is 5.82 Å². The molecule has 4 heteroatoms. The Hall–Kier alpha value is -3.40. The zero-order valence-corrected chi connectivity index (χ0v) is 16.3. The summed E-state index contributed by atoms with van der Waals surface area (Å²) in [4.78, 5) is 8.85. The summed E-state index contributed by atoms with van der Waals surface area (Å²) in [5, 5.41) is 15.5. The van der Waals surface area contributed by atoms with Crippen molar-refractivity contribution < 1.29 is 5.11 Å². The van der Waals surface area contributed by atoms with E-state index in [0.29, 0.717) is 5.52 Å².